The lowest BCUT2D eigenvalue weighted by Crippen LogP contribution is -2.46. The molecule has 1 aromatic heterocycles. The molecular weight excluding hydrogens is 228 g/mol. The summed E-state index contributed by atoms with van der Waals surface area (Å²) in [7, 11) is 0. The van der Waals surface area contributed by atoms with Crippen LogP contribution in [0.4, 0.5) is 5.82 Å². The van der Waals surface area contributed by atoms with Crippen LogP contribution in [0.5, 0.6) is 0 Å². The second kappa shape index (κ2) is 4.57. The van der Waals surface area contributed by atoms with E-state index in [1.807, 2.05) is 18.2 Å². The standard InChI is InChI=1S/C13H18N4O/c14-7-9-3-1-5-12(16-9)17-6-2-4-10-11(17)8-15-13(10)18/h1,3,5,10-11H,2,4,6-8,14H2,(H,15,18). The van der Waals surface area contributed by atoms with E-state index in [4.69, 9.17) is 5.73 Å². The van der Waals surface area contributed by atoms with Gasteiger partial charge in [-0.3, -0.25) is 4.79 Å². The van der Waals surface area contributed by atoms with E-state index < -0.39 is 0 Å². The molecule has 0 saturated carbocycles. The predicted octanol–water partition coefficient (Wildman–Crippen LogP) is 0.255. The number of carbonyl (C=O) groups excluding carboxylic acids is 1. The molecule has 96 valence electrons. The molecule has 5 nitrogen and oxygen atoms in total. The van der Waals surface area contributed by atoms with Crippen LogP contribution in [-0.4, -0.2) is 30.0 Å². The number of pyridine rings is 1. The van der Waals surface area contributed by atoms with Gasteiger partial charge < -0.3 is 16.0 Å². The molecule has 3 N–H and O–H groups in total. The molecule has 2 aliphatic rings. The van der Waals surface area contributed by atoms with Gasteiger partial charge in [-0.1, -0.05) is 6.07 Å². The molecule has 2 aliphatic heterocycles. The van der Waals surface area contributed by atoms with Crippen LogP contribution in [0.1, 0.15) is 18.5 Å². The van der Waals surface area contributed by atoms with Crippen molar-refractivity contribution in [1.82, 2.24) is 10.3 Å². The zero-order valence-electron chi connectivity index (χ0n) is 10.3. The normalized spacial score (nSPS) is 26.9. The third-order valence-corrected chi connectivity index (χ3v) is 3.90. The molecule has 1 amide bonds. The van der Waals surface area contributed by atoms with Crippen LogP contribution in [-0.2, 0) is 11.3 Å². The van der Waals surface area contributed by atoms with Crippen LogP contribution < -0.4 is 16.0 Å². The summed E-state index contributed by atoms with van der Waals surface area (Å²) in [5.41, 5.74) is 6.52. The molecule has 2 saturated heterocycles. The predicted molar refractivity (Wildman–Crippen MR) is 69.0 cm³/mol. The van der Waals surface area contributed by atoms with Gasteiger partial charge in [0.1, 0.15) is 5.82 Å². The fourth-order valence-electron chi connectivity index (χ4n) is 2.98. The fourth-order valence-corrected chi connectivity index (χ4v) is 2.98. The van der Waals surface area contributed by atoms with Gasteiger partial charge in [0.25, 0.3) is 0 Å². The van der Waals surface area contributed by atoms with E-state index in [1.165, 1.54) is 0 Å². The quantitative estimate of drug-likeness (QED) is 0.785. The van der Waals surface area contributed by atoms with Gasteiger partial charge in [-0.05, 0) is 25.0 Å². The smallest absolute Gasteiger partial charge is 0.225 e. The topological polar surface area (TPSA) is 71.2 Å². The first-order valence-electron chi connectivity index (χ1n) is 6.50. The van der Waals surface area contributed by atoms with Gasteiger partial charge in [0, 0.05) is 19.6 Å². The first-order valence-corrected chi connectivity index (χ1v) is 6.50. The average Bonchev–Trinajstić information content (AvgIpc) is 2.81. The summed E-state index contributed by atoms with van der Waals surface area (Å²) in [4.78, 5) is 18.5. The highest BCUT2D eigenvalue weighted by Gasteiger charge is 2.41. The number of rotatable bonds is 2. The minimum Gasteiger partial charge on any atom is -0.354 e. The summed E-state index contributed by atoms with van der Waals surface area (Å²) in [5.74, 6) is 1.27. The molecule has 0 spiro atoms. The van der Waals surface area contributed by atoms with Gasteiger partial charge in [-0.25, -0.2) is 4.98 Å². The summed E-state index contributed by atoms with van der Waals surface area (Å²) in [6, 6.07) is 6.18. The maximum Gasteiger partial charge on any atom is 0.225 e. The van der Waals surface area contributed by atoms with E-state index in [1.54, 1.807) is 0 Å². The molecule has 0 aromatic carbocycles. The second-order valence-corrected chi connectivity index (χ2v) is 4.95. The van der Waals surface area contributed by atoms with Crippen LogP contribution in [0.15, 0.2) is 18.2 Å². The zero-order chi connectivity index (χ0) is 12.5. The molecule has 0 aliphatic carbocycles. The van der Waals surface area contributed by atoms with E-state index >= 15 is 0 Å². The highest BCUT2D eigenvalue weighted by atomic mass is 16.2. The number of fused-ring (bicyclic) bond motifs is 1. The van der Waals surface area contributed by atoms with Crippen molar-refractivity contribution < 1.29 is 4.79 Å². The molecule has 2 atom stereocenters. The lowest BCUT2D eigenvalue weighted by molar-refractivity contribution is -0.122. The van der Waals surface area contributed by atoms with Crippen LogP contribution in [0.25, 0.3) is 0 Å². The van der Waals surface area contributed by atoms with Crippen molar-refractivity contribution in [1.29, 1.82) is 0 Å². The Morgan fingerprint density at radius 3 is 3.22 bits per heavy atom. The highest BCUT2D eigenvalue weighted by molar-refractivity contribution is 5.83. The molecule has 18 heavy (non-hydrogen) atoms. The minimum absolute atomic E-state index is 0.127. The number of amides is 1. The van der Waals surface area contributed by atoms with Gasteiger partial charge in [-0.15, -0.1) is 0 Å². The van der Waals surface area contributed by atoms with Gasteiger partial charge in [-0.2, -0.15) is 0 Å². The Bertz CT molecular complexity index is 462. The summed E-state index contributed by atoms with van der Waals surface area (Å²) in [6.07, 6.45) is 2.03. The molecule has 2 unspecified atom stereocenters. The van der Waals surface area contributed by atoms with Gasteiger partial charge in [0.2, 0.25) is 5.91 Å². The summed E-state index contributed by atoms with van der Waals surface area (Å²) >= 11 is 0. The number of carbonyl (C=O) groups is 1. The Balaban J connectivity index is 1.88. The van der Waals surface area contributed by atoms with E-state index in [9.17, 15) is 4.79 Å². The molecule has 0 bridgehead atoms. The summed E-state index contributed by atoms with van der Waals surface area (Å²) in [6.45, 7) is 2.15. The second-order valence-electron chi connectivity index (χ2n) is 4.95. The Hall–Kier alpha value is -1.62. The first kappa shape index (κ1) is 11.5. The Morgan fingerprint density at radius 1 is 1.50 bits per heavy atom. The molecule has 3 rings (SSSR count). The molecule has 5 heteroatoms. The first-order chi connectivity index (χ1) is 8.79. The number of nitrogens with zero attached hydrogens (tertiary/aromatic N) is 2. The molecule has 1 aromatic rings. The van der Waals surface area contributed by atoms with Crippen molar-refractivity contribution in [2.75, 3.05) is 18.0 Å². The molecular formula is C13H18N4O. The van der Waals surface area contributed by atoms with Crippen molar-refractivity contribution in [2.24, 2.45) is 11.7 Å². The van der Waals surface area contributed by atoms with Crippen LogP contribution in [0.2, 0.25) is 0 Å². The van der Waals surface area contributed by atoms with Gasteiger partial charge >= 0.3 is 0 Å². The average molecular weight is 246 g/mol. The lowest BCUT2D eigenvalue weighted by Gasteiger charge is -2.36. The van der Waals surface area contributed by atoms with E-state index in [2.05, 4.69) is 15.2 Å². The minimum atomic E-state index is 0.127. The zero-order valence-corrected chi connectivity index (χ0v) is 10.3. The van der Waals surface area contributed by atoms with Crippen molar-refractivity contribution >= 4 is 11.7 Å². The fraction of sp³-hybridized carbons (Fsp3) is 0.538. The van der Waals surface area contributed by atoms with E-state index in [0.717, 1.165) is 37.4 Å². The Morgan fingerprint density at radius 2 is 2.39 bits per heavy atom. The third kappa shape index (κ3) is 1.84. The number of hydrogen-bond donors (Lipinski definition) is 2. The lowest BCUT2D eigenvalue weighted by atomic mass is 9.91. The number of aromatic nitrogens is 1. The number of piperidine rings is 1. The Kier molecular flexibility index (Phi) is 2.91. The summed E-state index contributed by atoms with van der Waals surface area (Å²) < 4.78 is 0. The van der Waals surface area contributed by atoms with Gasteiger partial charge in [0.15, 0.2) is 0 Å². The number of nitrogens with one attached hydrogen (secondary N) is 1. The maximum absolute atomic E-state index is 11.7. The molecule has 3 heterocycles. The Labute approximate surface area is 106 Å². The number of nitrogens with two attached hydrogens (primary N) is 1. The van der Waals surface area contributed by atoms with Crippen LogP contribution in [0.3, 0.4) is 0 Å². The van der Waals surface area contributed by atoms with Crippen LogP contribution in [0, 0.1) is 5.92 Å². The van der Waals surface area contributed by atoms with Crippen molar-refractivity contribution in [2.45, 2.75) is 25.4 Å². The van der Waals surface area contributed by atoms with Crippen molar-refractivity contribution in [3.05, 3.63) is 23.9 Å². The largest absolute Gasteiger partial charge is 0.354 e. The molecule has 2 fully saturated rings. The van der Waals surface area contributed by atoms with E-state index in [0.29, 0.717) is 6.54 Å². The van der Waals surface area contributed by atoms with Crippen LogP contribution >= 0.6 is 0 Å². The van der Waals surface area contributed by atoms with Crippen molar-refractivity contribution in [3.8, 4) is 0 Å². The third-order valence-electron chi connectivity index (χ3n) is 3.90. The molecule has 0 radical (unpaired) electrons. The highest BCUT2D eigenvalue weighted by Crippen LogP contribution is 2.30. The summed E-state index contributed by atoms with van der Waals surface area (Å²) in [5, 5.41) is 2.96. The van der Waals surface area contributed by atoms with Gasteiger partial charge in [0.05, 0.1) is 17.7 Å². The number of hydrogen-bond acceptors (Lipinski definition) is 4. The number of anilines is 1. The van der Waals surface area contributed by atoms with E-state index in [-0.39, 0.29) is 17.9 Å². The van der Waals surface area contributed by atoms with Crippen molar-refractivity contribution in [3.63, 3.8) is 0 Å². The maximum atomic E-state index is 11.7. The monoisotopic (exact) mass is 246 g/mol. The SMILES string of the molecule is NCc1cccc(N2CCCC3C(=O)NCC32)n1.